The lowest BCUT2D eigenvalue weighted by Crippen LogP contribution is -2.05. The van der Waals surface area contributed by atoms with Gasteiger partial charge in [-0.05, 0) is 12.2 Å². The van der Waals surface area contributed by atoms with Gasteiger partial charge in [-0.3, -0.25) is 0 Å². The molecule has 66 valence electrons. The highest BCUT2D eigenvalue weighted by molar-refractivity contribution is 8.20. The molecule has 1 saturated heterocycles. The van der Waals surface area contributed by atoms with Gasteiger partial charge in [0.05, 0.1) is 4.58 Å². The van der Waals surface area contributed by atoms with Crippen molar-refractivity contribution < 1.29 is 0 Å². The SMILES string of the molecule is S=c1[nH]ccn1CC1SCCS1. The lowest BCUT2D eigenvalue weighted by atomic mass is 10.7. The standard InChI is InChI=1S/C7H10N2S3/c10-7-8-1-2-9(7)5-6-11-3-4-12-6/h1-2,6H,3-5H2,(H,8,10). The van der Waals surface area contributed by atoms with Crippen LogP contribution in [-0.2, 0) is 6.54 Å². The van der Waals surface area contributed by atoms with Crippen molar-refractivity contribution in [3.63, 3.8) is 0 Å². The molecule has 0 bridgehead atoms. The summed E-state index contributed by atoms with van der Waals surface area (Å²) in [4.78, 5) is 3.00. The second-order valence-electron chi connectivity index (χ2n) is 2.59. The normalized spacial score (nSPS) is 18.7. The molecule has 0 spiro atoms. The molecule has 0 unspecified atom stereocenters. The lowest BCUT2D eigenvalue weighted by Gasteiger charge is -2.07. The third-order valence-electron chi connectivity index (χ3n) is 1.76. The fourth-order valence-electron chi connectivity index (χ4n) is 1.17. The minimum Gasteiger partial charge on any atom is -0.337 e. The molecule has 12 heavy (non-hydrogen) atoms. The predicted octanol–water partition coefficient (Wildman–Crippen LogP) is 2.35. The molecule has 2 heterocycles. The van der Waals surface area contributed by atoms with Crippen molar-refractivity contribution >= 4 is 35.7 Å². The summed E-state index contributed by atoms with van der Waals surface area (Å²) >= 11 is 9.17. The molecule has 1 aromatic rings. The molecule has 1 aromatic heterocycles. The van der Waals surface area contributed by atoms with Crippen LogP contribution >= 0.6 is 35.7 Å². The van der Waals surface area contributed by atoms with Crippen molar-refractivity contribution in [1.29, 1.82) is 0 Å². The number of nitrogens with one attached hydrogen (secondary N) is 1. The fourth-order valence-corrected chi connectivity index (χ4v) is 4.16. The molecule has 5 heteroatoms. The smallest absolute Gasteiger partial charge is 0.177 e. The molecule has 0 atom stereocenters. The van der Waals surface area contributed by atoms with Gasteiger partial charge in [0.25, 0.3) is 0 Å². The van der Waals surface area contributed by atoms with Crippen LogP contribution in [0.2, 0.25) is 0 Å². The van der Waals surface area contributed by atoms with Crippen LogP contribution in [-0.4, -0.2) is 25.6 Å². The van der Waals surface area contributed by atoms with Gasteiger partial charge in [0.2, 0.25) is 0 Å². The number of H-pyrrole nitrogens is 1. The van der Waals surface area contributed by atoms with Gasteiger partial charge in [0.15, 0.2) is 4.77 Å². The minimum atomic E-state index is 0.701. The van der Waals surface area contributed by atoms with Crippen LogP contribution < -0.4 is 0 Å². The molecular weight excluding hydrogens is 208 g/mol. The number of hydrogen-bond acceptors (Lipinski definition) is 3. The third-order valence-corrected chi connectivity index (χ3v) is 5.11. The topological polar surface area (TPSA) is 20.7 Å². The van der Waals surface area contributed by atoms with Gasteiger partial charge in [0.1, 0.15) is 0 Å². The molecule has 0 aliphatic carbocycles. The highest BCUT2D eigenvalue weighted by Gasteiger charge is 2.16. The highest BCUT2D eigenvalue weighted by Crippen LogP contribution is 2.32. The molecule has 1 N–H and O–H groups in total. The van der Waals surface area contributed by atoms with Crippen LogP contribution in [0.1, 0.15) is 0 Å². The number of aromatic amines is 1. The Morgan fingerprint density at radius 2 is 2.33 bits per heavy atom. The number of thioether (sulfide) groups is 2. The van der Waals surface area contributed by atoms with Gasteiger partial charge in [-0.1, -0.05) is 0 Å². The Labute approximate surface area is 85.1 Å². The molecule has 0 aromatic carbocycles. The Bertz CT molecular complexity index is 298. The van der Waals surface area contributed by atoms with E-state index in [-0.39, 0.29) is 0 Å². The first-order valence-electron chi connectivity index (χ1n) is 3.83. The van der Waals surface area contributed by atoms with Gasteiger partial charge < -0.3 is 9.55 Å². The maximum Gasteiger partial charge on any atom is 0.177 e. The Balaban J connectivity index is 2.03. The first-order chi connectivity index (χ1) is 5.86. The van der Waals surface area contributed by atoms with Gasteiger partial charge in [-0.25, -0.2) is 0 Å². The first kappa shape index (κ1) is 8.72. The van der Waals surface area contributed by atoms with Crippen LogP contribution in [0.15, 0.2) is 12.4 Å². The maximum atomic E-state index is 5.11. The summed E-state index contributed by atoms with van der Waals surface area (Å²) in [6, 6.07) is 0. The molecule has 2 nitrogen and oxygen atoms in total. The van der Waals surface area contributed by atoms with Crippen molar-refractivity contribution in [2.45, 2.75) is 11.1 Å². The summed E-state index contributed by atoms with van der Waals surface area (Å²) < 4.78 is 3.64. The summed E-state index contributed by atoms with van der Waals surface area (Å²) in [6.07, 6.45) is 3.91. The fraction of sp³-hybridized carbons (Fsp3) is 0.571. The van der Waals surface area contributed by atoms with E-state index in [1.54, 1.807) is 0 Å². The van der Waals surface area contributed by atoms with Crippen LogP contribution in [0.4, 0.5) is 0 Å². The highest BCUT2D eigenvalue weighted by atomic mass is 32.2. The van der Waals surface area contributed by atoms with Gasteiger partial charge in [-0.15, -0.1) is 23.5 Å². The van der Waals surface area contributed by atoms with Crippen LogP contribution in [0.25, 0.3) is 0 Å². The summed E-state index contributed by atoms with van der Waals surface area (Å²) in [5.74, 6) is 2.57. The Morgan fingerprint density at radius 1 is 1.58 bits per heavy atom. The number of hydrogen-bond donors (Lipinski definition) is 1. The number of imidazole rings is 1. The quantitative estimate of drug-likeness (QED) is 0.770. The lowest BCUT2D eigenvalue weighted by molar-refractivity contribution is 0.741. The van der Waals surface area contributed by atoms with E-state index >= 15 is 0 Å². The van der Waals surface area contributed by atoms with Crippen LogP contribution in [0.3, 0.4) is 0 Å². The van der Waals surface area contributed by atoms with E-state index in [1.165, 1.54) is 11.5 Å². The third kappa shape index (κ3) is 1.89. The number of nitrogens with zero attached hydrogens (tertiary/aromatic N) is 1. The Morgan fingerprint density at radius 3 is 2.92 bits per heavy atom. The predicted molar refractivity (Wildman–Crippen MR) is 58.3 cm³/mol. The van der Waals surface area contributed by atoms with Crippen molar-refractivity contribution in [3.05, 3.63) is 17.2 Å². The van der Waals surface area contributed by atoms with Crippen LogP contribution in [0.5, 0.6) is 0 Å². The maximum absolute atomic E-state index is 5.11. The second kappa shape index (κ2) is 3.89. The van der Waals surface area contributed by atoms with E-state index in [0.717, 1.165) is 11.3 Å². The molecule has 0 amide bonds. The summed E-state index contributed by atoms with van der Waals surface area (Å²) in [5.41, 5.74) is 0. The van der Waals surface area contributed by atoms with Crippen molar-refractivity contribution in [2.24, 2.45) is 0 Å². The molecule has 0 saturated carbocycles. The zero-order valence-electron chi connectivity index (χ0n) is 6.53. The first-order valence-corrected chi connectivity index (χ1v) is 6.34. The van der Waals surface area contributed by atoms with E-state index < -0.39 is 0 Å². The molecule has 0 radical (unpaired) electrons. The summed E-state index contributed by atoms with van der Waals surface area (Å²) in [5, 5.41) is 0. The summed E-state index contributed by atoms with van der Waals surface area (Å²) in [7, 11) is 0. The van der Waals surface area contributed by atoms with Crippen LogP contribution in [0, 0.1) is 4.77 Å². The zero-order valence-corrected chi connectivity index (χ0v) is 8.97. The number of rotatable bonds is 2. The molecule has 1 aliphatic rings. The van der Waals surface area contributed by atoms with Crippen molar-refractivity contribution in [3.8, 4) is 0 Å². The summed E-state index contributed by atoms with van der Waals surface area (Å²) in [6.45, 7) is 1.04. The monoisotopic (exact) mass is 218 g/mol. The average Bonchev–Trinajstić information content (AvgIpc) is 2.65. The molecule has 1 aliphatic heterocycles. The zero-order chi connectivity index (χ0) is 8.39. The molecule has 2 rings (SSSR count). The minimum absolute atomic E-state index is 0.701. The molecule has 1 fully saturated rings. The van der Waals surface area contributed by atoms with E-state index in [2.05, 4.69) is 9.55 Å². The van der Waals surface area contributed by atoms with E-state index in [9.17, 15) is 0 Å². The van der Waals surface area contributed by atoms with Gasteiger partial charge in [0, 0.05) is 30.4 Å². The average molecular weight is 218 g/mol. The van der Waals surface area contributed by atoms with E-state index in [1.807, 2.05) is 35.9 Å². The Hall–Kier alpha value is 0.130. The van der Waals surface area contributed by atoms with Crippen molar-refractivity contribution in [2.75, 3.05) is 11.5 Å². The van der Waals surface area contributed by atoms with Gasteiger partial charge in [-0.2, -0.15) is 0 Å². The number of aromatic nitrogens is 2. The Kier molecular flexibility index (Phi) is 2.83. The van der Waals surface area contributed by atoms with Gasteiger partial charge >= 0.3 is 0 Å². The molecular formula is C7H10N2S3. The van der Waals surface area contributed by atoms with Crippen molar-refractivity contribution in [1.82, 2.24) is 9.55 Å². The largest absolute Gasteiger partial charge is 0.337 e. The second-order valence-corrected chi connectivity index (χ2v) is 5.90. The van der Waals surface area contributed by atoms with E-state index in [4.69, 9.17) is 12.2 Å². The van der Waals surface area contributed by atoms with E-state index in [0.29, 0.717) is 4.58 Å².